The topological polar surface area (TPSA) is 26.0 Å². The standard InChI is InChI=1S/C20H27N/c1-3-5-7-20(18-12-14-19(21)15-13-18)17-10-8-16(6-4-2)9-11-17/h8-15,20H,3-7,21H2,1-2H3. The molecule has 2 N–H and O–H groups in total. The Labute approximate surface area is 129 Å². The monoisotopic (exact) mass is 281 g/mol. The van der Waals surface area contributed by atoms with Crippen molar-refractivity contribution in [2.75, 3.05) is 5.73 Å². The molecule has 1 unspecified atom stereocenters. The molecular weight excluding hydrogens is 254 g/mol. The van der Waals surface area contributed by atoms with Crippen molar-refractivity contribution in [2.24, 2.45) is 0 Å². The molecule has 0 amide bonds. The normalized spacial score (nSPS) is 12.3. The summed E-state index contributed by atoms with van der Waals surface area (Å²) < 4.78 is 0. The molecule has 0 aliphatic carbocycles. The minimum absolute atomic E-state index is 0.487. The number of nitrogens with two attached hydrogens (primary N) is 1. The lowest BCUT2D eigenvalue weighted by molar-refractivity contribution is 0.650. The summed E-state index contributed by atoms with van der Waals surface area (Å²) >= 11 is 0. The first-order valence-corrected chi connectivity index (χ1v) is 8.18. The van der Waals surface area contributed by atoms with Crippen LogP contribution in [0.5, 0.6) is 0 Å². The Hall–Kier alpha value is -1.76. The average molecular weight is 281 g/mol. The Morgan fingerprint density at radius 2 is 1.38 bits per heavy atom. The predicted molar refractivity (Wildman–Crippen MR) is 92.7 cm³/mol. The van der Waals surface area contributed by atoms with E-state index in [9.17, 15) is 0 Å². The highest BCUT2D eigenvalue weighted by Gasteiger charge is 2.13. The first kappa shape index (κ1) is 15.6. The second kappa shape index (κ2) is 7.87. The van der Waals surface area contributed by atoms with Crippen molar-refractivity contribution < 1.29 is 0 Å². The average Bonchev–Trinajstić information content (AvgIpc) is 2.51. The number of nitrogen functional groups attached to an aromatic ring is 1. The predicted octanol–water partition coefficient (Wildman–Crippen LogP) is 5.54. The van der Waals surface area contributed by atoms with E-state index in [0.29, 0.717) is 5.92 Å². The minimum Gasteiger partial charge on any atom is -0.399 e. The molecule has 1 atom stereocenters. The van der Waals surface area contributed by atoms with Crippen LogP contribution in [0.15, 0.2) is 48.5 Å². The van der Waals surface area contributed by atoms with E-state index in [1.165, 1.54) is 48.8 Å². The molecule has 0 saturated heterocycles. The van der Waals surface area contributed by atoms with E-state index in [-0.39, 0.29) is 0 Å². The lowest BCUT2D eigenvalue weighted by Gasteiger charge is -2.18. The van der Waals surface area contributed by atoms with Crippen molar-refractivity contribution in [2.45, 2.75) is 51.9 Å². The summed E-state index contributed by atoms with van der Waals surface area (Å²) in [5.74, 6) is 0.487. The first-order chi connectivity index (χ1) is 10.2. The maximum Gasteiger partial charge on any atom is 0.0314 e. The Kier molecular flexibility index (Phi) is 5.86. The molecule has 0 heterocycles. The molecular formula is C20H27N. The van der Waals surface area contributed by atoms with Crippen LogP contribution in [0.3, 0.4) is 0 Å². The van der Waals surface area contributed by atoms with E-state index >= 15 is 0 Å². The van der Waals surface area contributed by atoms with Crippen LogP contribution >= 0.6 is 0 Å². The summed E-state index contributed by atoms with van der Waals surface area (Å²) in [5, 5.41) is 0. The number of unbranched alkanes of at least 4 members (excludes halogenated alkanes) is 1. The van der Waals surface area contributed by atoms with Gasteiger partial charge in [0, 0.05) is 11.6 Å². The van der Waals surface area contributed by atoms with E-state index in [4.69, 9.17) is 5.73 Å². The minimum atomic E-state index is 0.487. The molecule has 0 saturated carbocycles. The van der Waals surface area contributed by atoms with Gasteiger partial charge in [0.05, 0.1) is 0 Å². The lowest BCUT2D eigenvalue weighted by Crippen LogP contribution is -2.02. The third kappa shape index (κ3) is 4.35. The van der Waals surface area contributed by atoms with E-state index in [1.54, 1.807) is 0 Å². The van der Waals surface area contributed by atoms with Crippen LogP contribution in [-0.4, -0.2) is 0 Å². The zero-order valence-electron chi connectivity index (χ0n) is 13.3. The molecule has 0 radical (unpaired) electrons. The fraction of sp³-hybridized carbons (Fsp3) is 0.400. The summed E-state index contributed by atoms with van der Waals surface area (Å²) in [6.45, 7) is 4.48. The molecule has 0 bridgehead atoms. The van der Waals surface area contributed by atoms with E-state index in [0.717, 1.165) is 5.69 Å². The zero-order valence-corrected chi connectivity index (χ0v) is 13.3. The third-order valence-electron chi connectivity index (χ3n) is 4.11. The number of hydrogen-bond acceptors (Lipinski definition) is 1. The number of anilines is 1. The van der Waals surface area contributed by atoms with Crippen LogP contribution in [0.2, 0.25) is 0 Å². The van der Waals surface area contributed by atoms with Gasteiger partial charge in [-0.3, -0.25) is 0 Å². The highest BCUT2D eigenvalue weighted by Crippen LogP contribution is 2.30. The second-order valence-electron chi connectivity index (χ2n) is 5.85. The van der Waals surface area contributed by atoms with Crippen molar-refractivity contribution in [3.05, 3.63) is 65.2 Å². The molecule has 1 nitrogen and oxygen atoms in total. The number of benzene rings is 2. The molecule has 112 valence electrons. The number of rotatable bonds is 7. The van der Waals surface area contributed by atoms with Gasteiger partial charge < -0.3 is 5.73 Å². The summed E-state index contributed by atoms with van der Waals surface area (Å²) in [4.78, 5) is 0. The maximum absolute atomic E-state index is 5.82. The van der Waals surface area contributed by atoms with Gasteiger partial charge in [0.2, 0.25) is 0 Å². The molecule has 0 aliphatic rings. The van der Waals surface area contributed by atoms with Crippen LogP contribution in [0, 0.1) is 0 Å². The largest absolute Gasteiger partial charge is 0.399 e. The van der Waals surface area contributed by atoms with Crippen LogP contribution in [0.4, 0.5) is 5.69 Å². The Morgan fingerprint density at radius 3 is 1.90 bits per heavy atom. The van der Waals surface area contributed by atoms with Crippen molar-refractivity contribution in [3.8, 4) is 0 Å². The summed E-state index contributed by atoms with van der Waals surface area (Å²) in [5.41, 5.74) is 10.9. The van der Waals surface area contributed by atoms with Crippen molar-refractivity contribution in [1.29, 1.82) is 0 Å². The molecule has 0 spiro atoms. The lowest BCUT2D eigenvalue weighted by atomic mass is 9.86. The smallest absolute Gasteiger partial charge is 0.0314 e. The van der Waals surface area contributed by atoms with Crippen LogP contribution in [-0.2, 0) is 6.42 Å². The molecule has 2 aromatic rings. The van der Waals surface area contributed by atoms with Gasteiger partial charge in [-0.15, -0.1) is 0 Å². The Balaban J connectivity index is 2.24. The third-order valence-corrected chi connectivity index (χ3v) is 4.11. The van der Waals surface area contributed by atoms with Gasteiger partial charge in [-0.2, -0.15) is 0 Å². The summed E-state index contributed by atoms with van der Waals surface area (Å²) in [6.07, 6.45) is 6.07. The molecule has 1 heteroatoms. The van der Waals surface area contributed by atoms with Crippen molar-refractivity contribution in [3.63, 3.8) is 0 Å². The van der Waals surface area contributed by atoms with Gasteiger partial charge in [-0.05, 0) is 41.7 Å². The van der Waals surface area contributed by atoms with Crippen LogP contribution in [0.1, 0.15) is 62.1 Å². The van der Waals surface area contributed by atoms with E-state index in [2.05, 4.69) is 50.2 Å². The molecule has 21 heavy (non-hydrogen) atoms. The van der Waals surface area contributed by atoms with E-state index < -0.39 is 0 Å². The van der Waals surface area contributed by atoms with Crippen molar-refractivity contribution in [1.82, 2.24) is 0 Å². The second-order valence-corrected chi connectivity index (χ2v) is 5.85. The van der Waals surface area contributed by atoms with Gasteiger partial charge in [0.15, 0.2) is 0 Å². The maximum atomic E-state index is 5.82. The quantitative estimate of drug-likeness (QED) is 0.662. The number of aryl methyl sites for hydroxylation is 1. The zero-order chi connectivity index (χ0) is 15.1. The van der Waals surface area contributed by atoms with Gasteiger partial charge in [0.1, 0.15) is 0 Å². The highest BCUT2D eigenvalue weighted by atomic mass is 14.5. The highest BCUT2D eigenvalue weighted by molar-refractivity contribution is 5.43. The molecule has 0 aliphatic heterocycles. The molecule has 2 rings (SSSR count). The SMILES string of the molecule is CCCCC(c1ccc(N)cc1)c1ccc(CCC)cc1. The fourth-order valence-electron chi connectivity index (χ4n) is 2.87. The van der Waals surface area contributed by atoms with Gasteiger partial charge >= 0.3 is 0 Å². The fourth-order valence-corrected chi connectivity index (χ4v) is 2.87. The molecule has 0 aromatic heterocycles. The van der Waals surface area contributed by atoms with Gasteiger partial charge in [-0.1, -0.05) is 69.5 Å². The Morgan fingerprint density at radius 1 is 0.810 bits per heavy atom. The van der Waals surface area contributed by atoms with Crippen LogP contribution < -0.4 is 5.73 Å². The van der Waals surface area contributed by atoms with E-state index in [1.807, 2.05) is 12.1 Å². The number of hydrogen-bond donors (Lipinski definition) is 1. The Bertz CT molecular complexity index is 525. The van der Waals surface area contributed by atoms with Crippen molar-refractivity contribution >= 4 is 5.69 Å². The molecule has 2 aromatic carbocycles. The van der Waals surface area contributed by atoms with Gasteiger partial charge in [-0.25, -0.2) is 0 Å². The van der Waals surface area contributed by atoms with Gasteiger partial charge in [0.25, 0.3) is 0 Å². The summed E-state index contributed by atoms with van der Waals surface area (Å²) in [7, 11) is 0. The van der Waals surface area contributed by atoms with Crippen LogP contribution in [0.25, 0.3) is 0 Å². The first-order valence-electron chi connectivity index (χ1n) is 8.18. The summed E-state index contributed by atoms with van der Waals surface area (Å²) in [6, 6.07) is 17.6. The molecule has 0 fully saturated rings.